The van der Waals surface area contributed by atoms with E-state index in [0.29, 0.717) is 0 Å². The van der Waals surface area contributed by atoms with Gasteiger partial charge < -0.3 is 9.47 Å². The van der Waals surface area contributed by atoms with Gasteiger partial charge in [-0.25, -0.2) is 0 Å². The summed E-state index contributed by atoms with van der Waals surface area (Å²) in [6.07, 6.45) is 8.83. The van der Waals surface area contributed by atoms with Crippen molar-refractivity contribution in [3.05, 3.63) is 57.6 Å². The maximum atomic E-state index is 6.67. The molecule has 0 aliphatic carbocycles. The lowest BCUT2D eigenvalue weighted by Crippen LogP contribution is -2.33. The zero-order valence-corrected chi connectivity index (χ0v) is 32.3. The van der Waals surface area contributed by atoms with E-state index in [9.17, 15) is 0 Å². The summed E-state index contributed by atoms with van der Waals surface area (Å²) in [6, 6.07) is 9.38. The number of halogens is 4. The van der Waals surface area contributed by atoms with Gasteiger partial charge in [0.05, 0.1) is 11.1 Å². The van der Waals surface area contributed by atoms with Crippen molar-refractivity contribution in [2.45, 2.75) is 102 Å². The molecule has 2 aliphatic rings. The van der Waals surface area contributed by atoms with E-state index in [4.69, 9.17) is 14.2 Å². The molecule has 2 atom stereocenters. The fourth-order valence-corrected chi connectivity index (χ4v) is 7.81. The molecular weight excluding hydrogens is 940 g/mol. The van der Waals surface area contributed by atoms with Crippen LogP contribution in [0.3, 0.4) is 0 Å². The van der Waals surface area contributed by atoms with Gasteiger partial charge in [0.2, 0.25) is 12.6 Å². The third-order valence-electron chi connectivity index (χ3n) is 8.65. The quantitative estimate of drug-likeness (QED) is 0.139. The molecule has 0 aromatic heterocycles. The van der Waals surface area contributed by atoms with E-state index in [1.165, 1.54) is 91.3 Å². The maximum Gasteiger partial charge on any atom is 0.233 e. The molecule has 2 bridgehead atoms. The number of benzene rings is 2. The number of ether oxygens (including phenoxy) is 3. The van der Waals surface area contributed by atoms with E-state index in [2.05, 4.69) is 142 Å². The van der Waals surface area contributed by atoms with Gasteiger partial charge in [-0.3, -0.25) is 4.74 Å². The predicted molar refractivity (Wildman–Crippen MR) is 197 cm³/mol. The summed E-state index contributed by atoms with van der Waals surface area (Å²) in [6.45, 7) is 9.26. The van der Waals surface area contributed by atoms with E-state index in [1.807, 2.05) is 0 Å². The summed E-state index contributed by atoms with van der Waals surface area (Å²) in [5, 5.41) is 0. The highest BCUT2D eigenvalue weighted by Gasteiger charge is 2.41. The van der Waals surface area contributed by atoms with E-state index >= 15 is 0 Å². The molecule has 4 rings (SSSR count). The highest BCUT2D eigenvalue weighted by atomic mass is 127. The van der Waals surface area contributed by atoms with Crippen molar-refractivity contribution < 1.29 is 14.2 Å². The van der Waals surface area contributed by atoms with Crippen molar-refractivity contribution in [3.8, 4) is 11.5 Å². The van der Waals surface area contributed by atoms with Gasteiger partial charge in [-0.15, -0.1) is 0 Å². The molecule has 0 fully saturated rings. The second kappa shape index (κ2) is 14.6. The van der Waals surface area contributed by atoms with Crippen LogP contribution in [0.15, 0.2) is 24.3 Å². The van der Waals surface area contributed by atoms with Crippen LogP contribution in [0, 0.1) is 13.8 Å². The molecule has 2 aromatic rings. The summed E-state index contributed by atoms with van der Waals surface area (Å²) in [5.41, 5.74) is 7.52. The Kier molecular flexibility index (Phi) is 12.3. The standard InChI is InChI=1S/C32H42I4O3/c1-21-17-23(31(3,9-5-13-33)10-6-14-34)19-25-27(21)37-30-26-20-24(18-22(2)28(26)38-29(25)39-30)32(4,11-7-15-35)12-8-16-36/h17-20,29-30H,5-16H2,1-4H3. The molecule has 0 N–H and O–H groups in total. The zero-order valence-electron chi connectivity index (χ0n) is 23.7. The zero-order chi connectivity index (χ0) is 28.2. The van der Waals surface area contributed by atoms with Crippen molar-refractivity contribution >= 4 is 90.4 Å². The number of aryl methyl sites for hydroxylation is 2. The Morgan fingerprint density at radius 3 is 1.23 bits per heavy atom. The first-order chi connectivity index (χ1) is 18.7. The highest BCUT2D eigenvalue weighted by molar-refractivity contribution is 14.1. The third kappa shape index (κ3) is 7.36. The van der Waals surface area contributed by atoms with Crippen molar-refractivity contribution in [1.29, 1.82) is 0 Å². The van der Waals surface area contributed by atoms with Gasteiger partial charge in [-0.1, -0.05) is 116 Å². The average Bonchev–Trinajstić information content (AvgIpc) is 2.93. The molecule has 216 valence electrons. The summed E-state index contributed by atoms with van der Waals surface area (Å²) >= 11 is 10.0. The van der Waals surface area contributed by atoms with E-state index in [0.717, 1.165) is 22.6 Å². The summed E-state index contributed by atoms with van der Waals surface area (Å²) < 4.78 is 24.6. The molecule has 7 heteroatoms. The Morgan fingerprint density at radius 1 is 0.590 bits per heavy atom. The molecule has 0 spiro atoms. The largest absolute Gasteiger partial charge is 0.459 e. The minimum atomic E-state index is -0.433. The number of fused-ring (bicyclic) bond motifs is 6. The molecule has 2 heterocycles. The Labute approximate surface area is 290 Å². The molecule has 0 saturated carbocycles. The van der Waals surface area contributed by atoms with Crippen LogP contribution in [-0.4, -0.2) is 17.7 Å². The van der Waals surface area contributed by atoms with Gasteiger partial charge in [-0.05, 0) is 128 Å². The first kappa shape index (κ1) is 32.8. The lowest BCUT2D eigenvalue weighted by atomic mass is 9.74. The SMILES string of the molecule is Cc1cc(C(C)(CCCI)CCCI)cc2c1OC1OC2Oc2c(C)cc(C(C)(CCCI)CCCI)cc21. The molecular formula is C32H42I4O3. The van der Waals surface area contributed by atoms with E-state index < -0.39 is 12.6 Å². The fraction of sp³-hybridized carbons (Fsp3) is 0.625. The van der Waals surface area contributed by atoms with Crippen molar-refractivity contribution in [2.75, 3.05) is 17.7 Å². The molecule has 2 aromatic carbocycles. The van der Waals surface area contributed by atoms with Crippen LogP contribution in [0.25, 0.3) is 0 Å². The fourth-order valence-electron chi connectivity index (χ4n) is 6.28. The van der Waals surface area contributed by atoms with Gasteiger partial charge in [-0.2, -0.15) is 0 Å². The van der Waals surface area contributed by atoms with Crippen LogP contribution in [-0.2, 0) is 15.6 Å². The molecule has 0 saturated heterocycles. The Hall–Kier alpha value is 0.920. The van der Waals surface area contributed by atoms with Crippen LogP contribution in [0.4, 0.5) is 0 Å². The third-order valence-corrected chi connectivity index (χ3v) is 11.7. The Bertz CT molecular complexity index is 1030. The summed E-state index contributed by atoms with van der Waals surface area (Å²) in [5.74, 6) is 1.88. The van der Waals surface area contributed by atoms with Crippen LogP contribution < -0.4 is 9.47 Å². The smallest absolute Gasteiger partial charge is 0.233 e. The second-order valence-electron chi connectivity index (χ2n) is 11.8. The van der Waals surface area contributed by atoms with Gasteiger partial charge >= 0.3 is 0 Å². The average molecular weight is 982 g/mol. The molecule has 39 heavy (non-hydrogen) atoms. The number of hydrogen-bond acceptors (Lipinski definition) is 3. The van der Waals surface area contributed by atoms with Crippen LogP contribution in [0.5, 0.6) is 11.5 Å². The molecule has 0 amide bonds. The molecule has 0 radical (unpaired) electrons. The minimum absolute atomic E-state index is 0.144. The van der Waals surface area contributed by atoms with Gasteiger partial charge in [0.1, 0.15) is 11.5 Å². The van der Waals surface area contributed by atoms with E-state index in [1.54, 1.807) is 0 Å². The highest BCUT2D eigenvalue weighted by Crippen LogP contribution is 2.52. The van der Waals surface area contributed by atoms with Gasteiger partial charge in [0.25, 0.3) is 0 Å². The van der Waals surface area contributed by atoms with Crippen LogP contribution in [0.2, 0.25) is 0 Å². The summed E-state index contributed by atoms with van der Waals surface area (Å²) in [7, 11) is 0. The van der Waals surface area contributed by atoms with Gasteiger partial charge in [0.15, 0.2) is 0 Å². The minimum Gasteiger partial charge on any atom is -0.459 e. The second-order valence-corrected chi connectivity index (χ2v) is 16.1. The van der Waals surface area contributed by atoms with Crippen molar-refractivity contribution in [1.82, 2.24) is 0 Å². The molecule has 3 nitrogen and oxygen atoms in total. The molecule has 2 aliphatic heterocycles. The Morgan fingerprint density at radius 2 is 0.923 bits per heavy atom. The van der Waals surface area contributed by atoms with Crippen molar-refractivity contribution in [2.24, 2.45) is 0 Å². The Balaban J connectivity index is 1.70. The normalized spacial score (nSPS) is 18.3. The van der Waals surface area contributed by atoms with Gasteiger partial charge in [0, 0.05) is 0 Å². The first-order valence-corrected chi connectivity index (χ1v) is 20.3. The lowest BCUT2D eigenvalue weighted by Gasteiger charge is -2.41. The molecule has 2 unspecified atom stereocenters. The van der Waals surface area contributed by atoms with E-state index in [-0.39, 0.29) is 10.8 Å². The van der Waals surface area contributed by atoms with Crippen molar-refractivity contribution in [3.63, 3.8) is 0 Å². The predicted octanol–water partition coefficient (Wildman–Crippen LogP) is 11.2. The summed E-state index contributed by atoms with van der Waals surface area (Å²) in [4.78, 5) is 0. The van der Waals surface area contributed by atoms with Crippen LogP contribution in [0.1, 0.15) is 111 Å². The maximum absolute atomic E-state index is 6.67. The first-order valence-electron chi connectivity index (χ1n) is 14.2. The number of hydrogen-bond donors (Lipinski definition) is 0. The number of alkyl halides is 4. The monoisotopic (exact) mass is 982 g/mol. The van der Waals surface area contributed by atoms with Crippen LogP contribution >= 0.6 is 90.4 Å². The lowest BCUT2D eigenvalue weighted by molar-refractivity contribution is -0.228. The number of rotatable bonds is 14. The topological polar surface area (TPSA) is 27.7 Å².